The van der Waals surface area contributed by atoms with E-state index in [1.165, 1.54) is 6.07 Å². The van der Waals surface area contributed by atoms with Gasteiger partial charge in [-0.15, -0.1) is 0 Å². The first-order valence-electron chi connectivity index (χ1n) is 8.48. The van der Waals surface area contributed by atoms with Crippen LogP contribution < -0.4 is 10.0 Å². The van der Waals surface area contributed by atoms with E-state index in [-0.39, 0.29) is 16.8 Å². The lowest BCUT2D eigenvalue weighted by Gasteiger charge is -2.19. The van der Waals surface area contributed by atoms with Crippen molar-refractivity contribution in [3.63, 3.8) is 0 Å². The molecule has 1 atom stereocenters. The third-order valence-corrected chi connectivity index (χ3v) is 6.62. The highest BCUT2D eigenvalue weighted by Crippen LogP contribution is 2.21. The van der Waals surface area contributed by atoms with Gasteiger partial charge in [0.1, 0.15) is 6.04 Å². The van der Waals surface area contributed by atoms with E-state index >= 15 is 0 Å². The second kappa shape index (κ2) is 7.90. The van der Waals surface area contributed by atoms with Crippen LogP contribution in [0.5, 0.6) is 0 Å². The molecule has 1 unspecified atom stereocenters. The van der Waals surface area contributed by atoms with Crippen LogP contribution in [0.2, 0.25) is 0 Å². The molecule has 2 aromatic rings. The SMILES string of the molecule is Cc1cc(S(=O)(=O)NC(Cc2ccccc2)C(=O)NC2CC2)ccc1Br. The van der Waals surface area contributed by atoms with E-state index in [0.717, 1.165) is 28.4 Å². The molecule has 7 heteroatoms. The fraction of sp³-hybridized carbons (Fsp3) is 0.316. The molecular weight excluding hydrogens is 416 g/mol. The van der Waals surface area contributed by atoms with Gasteiger partial charge in [0.15, 0.2) is 0 Å². The number of hydrogen-bond donors (Lipinski definition) is 2. The second-order valence-electron chi connectivity index (χ2n) is 6.56. The van der Waals surface area contributed by atoms with Gasteiger partial charge in [-0.05, 0) is 55.5 Å². The monoisotopic (exact) mass is 436 g/mol. The third-order valence-electron chi connectivity index (χ3n) is 4.26. The highest BCUT2D eigenvalue weighted by Gasteiger charge is 2.30. The summed E-state index contributed by atoms with van der Waals surface area (Å²) in [5, 5.41) is 2.90. The zero-order valence-electron chi connectivity index (χ0n) is 14.4. The smallest absolute Gasteiger partial charge is 0.241 e. The molecule has 1 fully saturated rings. The molecule has 26 heavy (non-hydrogen) atoms. The van der Waals surface area contributed by atoms with Crippen molar-refractivity contribution >= 4 is 31.9 Å². The van der Waals surface area contributed by atoms with Crippen LogP contribution in [0.3, 0.4) is 0 Å². The van der Waals surface area contributed by atoms with Crippen LogP contribution in [-0.4, -0.2) is 26.4 Å². The Morgan fingerprint density at radius 2 is 1.88 bits per heavy atom. The molecule has 3 rings (SSSR count). The topological polar surface area (TPSA) is 75.3 Å². The summed E-state index contributed by atoms with van der Waals surface area (Å²) in [6.45, 7) is 1.82. The van der Waals surface area contributed by atoms with Crippen LogP contribution in [0.15, 0.2) is 57.9 Å². The summed E-state index contributed by atoms with van der Waals surface area (Å²) in [5.41, 5.74) is 1.72. The van der Waals surface area contributed by atoms with E-state index in [1.54, 1.807) is 12.1 Å². The minimum absolute atomic E-state index is 0.149. The van der Waals surface area contributed by atoms with Crippen LogP contribution in [0.25, 0.3) is 0 Å². The van der Waals surface area contributed by atoms with Gasteiger partial charge in [0, 0.05) is 10.5 Å². The highest BCUT2D eigenvalue weighted by atomic mass is 79.9. The quantitative estimate of drug-likeness (QED) is 0.700. The number of carbonyl (C=O) groups is 1. The van der Waals surface area contributed by atoms with Gasteiger partial charge in [-0.2, -0.15) is 4.72 Å². The van der Waals surface area contributed by atoms with Gasteiger partial charge in [0.2, 0.25) is 15.9 Å². The summed E-state index contributed by atoms with van der Waals surface area (Å²) in [6, 6.07) is 13.5. The van der Waals surface area contributed by atoms with E-state index in [2.05, 4.69) is 26.0 Å². The molecule has 0 saturated heterocycles. The van der Waals surface area contributed by atoms with Crippen LogP contribution in [-0.2, 0) is 21.2 Å². The average Bonchev–Trinajstić information content (AvgIpc) is 3.41. The van der Waals surface area contributed by atoms with Crippen molar-refractivity contribution in [3.05, 3.63) is 64.1 Å². The van der Waals surface area contributed by atoms with Gasteiger partial charge in [0.25, 0.3) is 0 Å². The number of amides is 1. The number of benzene rings is 2. The largest absolute Gasteiger partial charge is 0.352 e. The van der Waals surface area contributed by atoms with Crippen LogP contribution >= 0.6 is 15.9 Å². The Morgan fingerprint density at radius 1 is 1.19 bits per heavy atom. The lowest BCUT2D eigenvalue weighted by atomic mass is 10.1. The van der Waals surface area contributed by atoms with Crippen LogP contribution in [0, 0.1) is 6.92 Å². The first-order chi connectivity index (χ1) is 12.3. The minimum Gasteiger partial charge on any atom is -0.352 e. The Balaban J connectivity index is 1.82. The van der Waals surface area contributed by atoms with E-state index in [0.29, 0.717) is 6.42 Å². The maximum Gasteiger partial charge on any atom is 0.241 e. The number of nitrogens with one attached hydrogen (secondary N) is 2. The molecule has 0 bridgehead atoms. The molecule has 1 amide bonds. The Hall–Kier alpha value is -1.70. The molecule has 1 saturated carbocycles. The fourth-order valence-corrected chi connectivity index (χ4v) is 4.13. The number of hydrogen-bond acceptors (Lipinski definition) is 3. The molecule has 5 nitrogen and oxygen atoms in total. The number of carbonyl (C=O) groups excluding carboxylic acids is 1. The van der Waals surface area contributed by atoms with Crippen molar-refractivity contribution in [1.29, 1.82) is 0 Å². The van der Waals surface area contributed by atoms with Crippen molar-refractivity contribution in [2.24, 2.45) is 0 Å². The third kappa shape index (κ3) is 4.93. The molecule has 1 aliphatic carbocycles. The summed E-state index contributed by atoms with van der Waals surface area (Å²) in [7, 11) is -3.81. The molecule has 138 valence electrons. The van der Waals surface area contributed by atoms with Gasteiger partial charge < -0.3 is 5.32 Å². The van der Waals surface area contributed by atoms with E-state index in [4.69, 9.17) is 0 Å². The molecule has 2 N–H and O–H groups in total. The molecule has 1 aliphatic rings. The number of aryl methyl sites for hydroxylation is 1. The van der Waals surface area contributed by atoms with E-state index in [9.17, 15) is 13.2 Å². The number of rotatable bonds is 7. The zero-order valence-corrected chi connectivity index (χ0v) is 16.8. The Bertz CT molecular complexity index is 896. The standard InChI is InChI=1S/C19H21BrN2O3S/c1-13-11-16(9-10-17(13)20)26(24,25)22-18(19(23)21-15-7-8-15)12-14-5-3-2-4-6-14/h2-6,9-11,15,18,22H,7-8,12H2,1H3,(H,21,23). The summed E-state index contributed by atoms with van der Waals surface area (Å²) < 4.78 is 29.0. The van der Waals surface area contributed by atoms with Gasteiger partial charge in [-0.1, -0.05) is 46.3 Å². The predicted molar refractivity (Wildman–Crippen MR) is 104 cm³/mol. The molecule has 0 spiro atoms. The molecule has 0 aromatic heterocycles. The molecule has 0 aliphatic heterocycles. The highest BCUT2D eigenvalue weighted by molar-refractivity contribution is 9.10. The minimum atomic E-state index is -3.81. The Kier molecular flexibility index (Phi) is 5.79. The maximum absolute atomic E-state index is 12.8. The molecule has 0 heterocycles. The van der Waals surface area contributed by atoms with E-state index < -0.39 is 16.1 Å². The lowest BCUT2D eigenvalue weighted by Crippen LogP contribution is -2.48. The fourth-order valence-electron chi connectivity index (χ4n) is 2.61. The van der Waals surface area contributed by atoms with Crippen molar-refractivity contribution in [3.8, 4) is 0 Å². The summed E-state index contributed by atoms with van der Waals surface area (Å²) in [4.78, 5) is 12.7. The first-order valence-corrected chi connectivity index (χ1v) is 10.8. The first kappa shape index (κ1) is 19.1. The molecular formula is C19H21BrN2O3S. The molecule has 2 aromatic carbocycles. The second-order valence-corrected chi connectivity index (χ2v) is 9.13. The number of sulfonamides is 1. The van der Waals surface area contributed by atoms with Gasteiger partial charge in [-0.25, -0.2) is 8.42 Å². The van der Waals surface area contributed by atoms with Crippen molar-refractivity contribution in [2.75, 3.05) is 0 Å². The zero-order chi connectivity index (χ0) is 18.7. The van der Waals surface area contributed by atoms with Gasteiger partial charge in [0.05, 0.1) is 4.90 Å². The average molecular weight is 437 g/mol. The van der Waals surface area contributed by atoms with Crippen molar-refractivity contribution in [2.45, 2.75) is 43.2 Å². The van der Waals surface area contributed by atoms with Gasteiger partial charge in [-0.3, -0.25) is 4.79 Å². The molecule has 0 radical (unpaired) electrons. The van der Waals surface area contributed by atoms with E-state index in [1.807, 2.05) is 37.3 Å². The summed E-state index contributed by atoms with van der Waals surface area (Å²) in [5.74, 6) is -0.284. The number of halogens is 1. The Morgan fingerprint density at radius 3 is 2.50 bits per heavy atom. The lowest BCUT2D eigenvalue weighted by molar-refractivity contribution is -0.122. The summed E-state index contributed by atoms with van der Waals surface area (Å²) >= 11 is 3.37. The predicted octanol–water partition coefficient (Wildman–Crippen LogP) is 2.93. The van der Waals surface area contributed by atoms with Gasteiger partial charge >= 0.3 is 0 Å². The normalized spacial score (nSPS) is 15.5. The summed E-state index contributed by atoms with van der Waals surface area (Å²) in [6.07, 6.45) is 2.19. The van der Waals surface area contributed by atoms with Crippen LogP contribution in [0.1, 0.15) is 24.0 Å². The van der Waals surface area contributed by atoms with Crippen LogP contribution in [0.4, 0.5) is 0 Å². The van der Waals surface area contributed by atoms with Crippen molar-refractivity contribution in [1.82, 2.24) is 10.0 Å². The Labute approximate surface area is 162 Å². The van der Waals surface area contributed by atoms with Crippen molar-refractivity contribution < 1.29 is 13.2 Å². The maximum atomic E-state index is 12.8.